The van der Waals surface area contributed by atoms with Crippen LogP contribution in [0, 0.1) is 12.8 Å². The number of halogens is 1. The number of rotatable bonds is 4. The van der Waals surface area contributed by atoms with Crippen LogP contribution in [0.2, 0.25) is 5.02 Å². The Morgan fingerprint density at radius 3 is 2.41 bits per heavy atom. The van der Waals surface area contributed by atoms with Crippen molar-refractivity contribution < 1.29 is 14.7 Å². The molecular formula is C11H14ClNO3S. The predicted octanol–water partition coefficient (Wildman–Crippen LogP) is 2.55. The normalized spacial score (nSPS) is 12.5. The van der Waals surface area contributed by atoms with Gasteiger partial charge >= 0.3 is 5.97 Å². The largest absolute Gasteiger partial charge is 0.480 e. The number of thiophene rings is 1. The highest BCUT2D eigenvalue weighted by Crippen LogP contribution is 2.27. The topological polar surface area (TPSA) is 66.4 Å². The van der Waals surface area contributed by atoms with Gasteiger partial charge in [-0.1, -0.05) is 25.4 Å². The summed E-state index contributed by atoms with van der Waals surface area (Å²) in [4.78, 5) is 23.2. The van der Waals surface area contributed by atoms with Crippen molar-refractivity contribution in [2.75, 3.05) is 0 Å². The van der Waals surface area contributed by atoms with E-state index >= 15 is 0 Å². The molecule has 0 saturated carbocycles. The van der Waals surface area contributed by atoms with E-state index in [-0.39, 0.29) is 5.92 Å². The van der Waals surface area contributed by atoms with E-state index in [9.17, 15) is 9.59 Å². The molecule has 2 N–H and O–H groups in total. The van der Waals surface area contributed by atoms with Gasteiger partial charge in [-0.15, -0.1) is 11.3 Å². The van der Waals surface area contributed by atoms with Gasteiger partial charge < -0.3 is 10.4 Å². The summed E-state index contributed by atoms with van der Waals surface area (Å²) in [6.45, 7) is 5.27. The molecule has 4 nitrogen and oxygen atoms in total. The number of aliphatic carboxylic acids is 1. The van der Waals surface area contributed by atoms with Crippen molar-refractivity contribution in [1.82, 2.24) is 5.32 Å². The molecule has 0 saturated heterocycles. The molecule has 0 radical (unpaired) electrons. The van der Waals surface area contributed by atoms with E-state index in [1.165, 1.54) is 11.3 Å². The zero-order valence-corrected chi connectivity index (χ0v) is 11.4. The number of hydrogen-bond donors (Lipinski definition) is 2. The summed E-state index contributed by atoms with van der Waals surface area (Å²) in [6.07, 6.45) is 0. The van der Waals surface area contributed by atoms with Gasteiger partial charge in [0.1, 0.15) is 10.9 Å². The van der Waals surface area contributed by atoms with Gasteiger partial charge in [0.25, 0.3) is 5.91 Å². The first-order valence-corrected chi connectivity index (χ1v) is 6.37. The average Bonchev–Trinajstić information content (AvgIpc) is 2.55. The maximum atomic E-state index is 11.8. The van der Waals surface area contributed by atoms with E-state index in [1.807, 2.05) is 0 Å². The monoisotopic (exact) mass is 275 g/mol. The second kappa shape index (κ2) is 5.51. The van der Waals surface area contributed by atoms with Crippen LogP contribution < -0.4 is 5.32 Å². The van der Waals surface area contributed by atoms with Gasteiger partial charge in [-0.2, -0.15) is 0 Å². The quantitative estimate of drug-likeness (QED) is 0.887. The van der Waals surface area contributed by atoms with Crippen LogP contribution >= 0.6 is 22.9 Å². The van der Waals surface area contributed by atoms with Crippen molar-refractivity contribution in [3.05, 3.63) is 20.8 Å². The number of hydrogen-bond acceptors (Lipinski definition) is 3. The van der Waals surface area contributed by atoms with Crippen molar-refractivity contribution in [1.29, 1.82) is 0 Å². The summed E-state index contributed by atoms with van der Waals surface area (Å²) in [7, 11) is 0. The molecule has 0 aromatic carbocycles. The first-order valence-electron chi connectivity index (χ1n) is 5.11. The molecule has 1 rings (SSSR count). The molecule has 0 spiro atoms. The molecule has 0 aliphatic rings. The fourth-order valence-corrected chi connectivity index (χ4v) is 2.48. The van der Waals surface area contributed by atoms with Crippen molar-refractivity contribution in [2.24, 2.45) is 5.92 Å². The van der Waals surface area contributed by atoms with E-state index < -0.39 is 17.9 Å². The fraction of sp³-hybridized carbons (Fsp3) is 0.455. The first-order chi connectivity index (χ1) is 7.84. The molecule has 1 aromatic rings. The van der Waals surface area contributed by atoms with Crippen LogP contribution in [0.1, 0.15) is 29.1 Å². The van der Waals surface area contributed by atoms with Crippen LogP contribution in [0.15, 0.2) is 5.38 Å². The minimum absolute atomic E-state index is 0.184. The highest BCUT2D eigenvalue weighted by molar-refractivity contribution is 7.13. The van der Waals surface area contributed by atoms with Crippen LogP contribution in [0.3, 0.4) is 0 Å². The summed E-state index contributed by atoms with van der Waals surface area (Å²) in [5, 5.41) is 13.6. The number of carbonyl (C=O) groups is 2. The lowest BCUT2D eigenvalue weighted by atomic mass is 10.0. The first kappa shape index (κ1) is 14.0. The zero-order chi connectivity index (χ0) is 13.2. The number of carbonyl (C=O) groups excluding carboxylic acids is 1. The van der Waals surface area contributed by atoms with Crippen molar-refractivity contribution >= 4 is 34.8 Å². The van der Waals surface area contributed by atoms with E-state index in [2.05, 4.69) is 5.32 Å². The molecule has 1 atom stereocenters. The summed E-state index contributed by atoms with van der Waals surface area (Å²) in [6, 6.07) is -0.902. The van der Waals surface area contributed by atoms with Gasteiger partial charge in [-0.25, -0.2) is 4.79 Å². The minimum Gasteiger partial charge on any atom is -0.480 e. The third-order valence-electron chi connectivity index (χ3n) is 2.32. The summed E-state index contributed by atoms with van der Waals surface area (Å²) >= 11 is 7.16. The Balaban J connectivity index is 2.85. The van der Waals surface area contributed by atoms with Gasteiger partial charge in [-0.05, 0) is 23.8 Å². The number of carboxylic acid groups (broad SMARTS) is 1. The third-order valence-corrected chi connectivity index (χ3v) is 4.02. The SMILES string of the molecule is Cc1csc(C(=O)NC(C(=O)O)C(C)C)c1Cl. The lowest BCUT2D eigenvalue weighted by molar-refractivity contribution is -0.140. The molecule has 0 aliphatic carbocycles. The Morgan fingerprint density at radius 2 is 2.06 bits per heavy atom. The molecule has 0 fully saturated rings. The van der Waals surface area contributed by atoms with Gasteiger partial charge in [0.15, 0.2) is 0 Å². The highest BCUT2D eigenvalue weighted by Gasteiger charge is 2.25. The van der Waals surface area contributed by atoms with Crippen LogP contribution in [0.4, 0.5) is 0 Å². The summed E-state index contributed by atoms with van der Waals surface area (Å²) in [5.74, 6) is -1.66. The van der Waals surface area contributed by atoms with Gasteiger partial charge in [0.2, 0.25) is 0 Å². The minimum atomic E-state index is -1.04. The molecule has 1 heterocycles. The second-order valence-corrected chi connectivity index (χ2v) is 5.35. The molecular weight excluding hydrogens is 262 g/mol. The Labute approximate surface area is 109 Å². The molecule has 6 heteroatoms. The van der Waals surface area contributed by atoms with Crippen molar-refractivity contribution in [3.63, 3.8) is 0 Å². The number of amides is 1. The molecule has 1 unspecified atom stereocenters. The Morgan fingerprint density at radius 1 is 1.47 bits per heavy atom. The van der Waals surface area contributed by atoms with E-state index in [1.54, 1.807) is 26.2 Å². The van der Waals surface area contributed by atoms with Crippen LogP contribution in [0.5, 0.6) is 0 Å². The molecule has 1 aromatic heterocycles. The van der Waals surface area contributed by atoms with E-state index in [4.69, 9.17) is 16.7 Å². The Bertz CT molecular complexity index is 442. The van der Waals surface area contributed by atoms with Gasteiger partial charge in [-0.3, -0.25) is 4.79 Å². The molecule has 1 amide bonds. The molecule has 17 heavy (non-hydrogen) atoms. The van der Waals surface area contributed by atoms with Crippen LogP contribution in [-0.2, 0) is 4.79 Å². The molecule has 0 bridgehead atoms. The smallest absolute Gasteiger partial charge is 0.326 e. The van der Waals surface area contributed by atoms with Gasteiger partial charge in [0, 0.05) is 0 Å². The Hall–Kier alpha value is -1.07. The average molecular weight is 276 g/mol. The molecule has 94 valence electrons. The highest BCUT2D eigenvalue weighted by atomic mass is 35.5. The maximum Gasteiger partial charge on any atom is 0.326 e. The number of carboxylic acids is 1. The standard InChI is InChI=1S/C11H14ClNO3S/c1-5(2)8(11(15)16)13-10(14)9-7(12)6(3)4-17-9/h4-5,8H,1-3H3,(H,13,14)(H,15,16). The van der Waals surface area contributed by atoms with E-state index in [0.717, 1.165) is 5.56 Å². The third kappa shape index (κ3) is 3.20. The maximum absolute atomic E-state index is 11.8. The van der Waals surface area contributed by atoms with Gasteiger partial charge in [0.05, 0.1) is 5.02 Å². The zero-order valence-electron chi connectivity index (χ0n) is 9.78. The second-order valence-electron chi connectivity index (χ2n) is 4.10. The fourth-order valence-electron chi connectivity index (χ4n) is 1.30. The van der Waals surface area contributed by atoms with Crippen LogP contribution in [-0.4, -0.2) is 23.0 Å². The summed E-state index contributed by atoms with van der Waals surface area (Å²) < 4.78 is 0. The van der Waals surface area contributed by atoms with E-state index in [0.29, 0.717) is 9.90 Å². The molecule has 0 aliphatic heterocycles. The van der Waals surface area contributed by atoms with Crippen LogP contribution in [0.25, 0.3) is 0 Å². The van der Waals surface area contributed by atoms with Crippen molar-refractivity contribution in [3.8, 4) is 0 Å². The lowest BCUT2D eigenvalue weighted by Crippen LogP contribution is -2.44. The predicted molar refractivity (Wildman–Crippen MR) is 67.8 cm³/mol. The number of aryl methyl sites for hydroxylation is 1. The lowest BCUT2D eigenvalue weighted by Gasteiger charge is -2.17. The van der Waals surface area contributed by atoms with Crippen molar-refractivity contribution in [2.45, 2.75) is 26.8 Å². The number of nitrogens with one attached hydrogen (secondary N) is 1. The Kier molecular flexibility index (Phi) is 4.54. The summed E-state index contributed by atoms with van der Waals surface area (Å²) in [5.41, 5.74) is 0.818.